The fourth-order valence-electron chi connectivity index (χ4n) is 3.00. The third-order valence-electron chi connectivity index (χ3n) is 3.78. The molecule has 74 valence electrons. The van der Waals surface area contributed by atoms with Gasteiger partial charge in [-0.1, -0.05) is 12.8 Å². The van der Waals surface area contributed by atoms with Gasteiger partial charge in [0.15, 0.2) is 0 Å². The molecule has 0 spiro atoms. The van der Waals surface area contributed by atoms with E-state index in [4.69, 9.17) is 0 Å². The molecular weight excluding hydrogens is 176 g/mol. The molecule has 2 saturated carbocycles. The van der Waals surface area contributed by atoms with Crippen LogP contribution in [0.5, 0.6) is 0 Å². The molecule has 14 heavy (non-hydrogen) atoms. The summed E-state index contributed by atoms with van der Waals surface area (Å²) in [6.45, 7) is 0. The maximum absolute atomic E-state index is 10.5. The minimum atomic E-state index is -0.612. The van der Waals surface area contributed by atoms with Crippen LogP contribution in [-0.2, 0) is 5.60 Å². The van der Waals surface area contributed by atoms with Gasteiger partial charge in [0.25, 0.3) is 0 Å². The average Bonchev–Trinajstić information content (AvgIpc) is 2.89. The Morgan fingerprint density at radius 1 is 1.29 bits per heavy atom. The van der Waals surface area contributed by atoms with Crippen molar-refractivity contribution in [3.05, 3.63) is 24.3 Å². The molecule has 0 radical (unpaired) electrons. The Balaban J connectivity index is 1.92. The highest BCUT2D eigenvalue weighted by atomic mass is 16.3. The fourth-order valence-corrected chi connectivity index (χ4v) is 3.00. The quantitative estimate of drug-likeness (QED) is 0.729. The van der Waals surface area contributed by atoms with Crippen molar-refractivity contribution < 1.29 is 5.11 Å². The molecule has 0 aliphatic heterocycles. The van der Waals surface area contributed by atoms with E-state index in [-0.39, 0.29) is 0 Å². The van der Waals surface area contributed by atoms with Gasteiger partial charge >= 0.3 is 0 Å². The minimum Gasteiger partial charge on any atom is -0.383 e. The Labute approximate surface area is 83.2 Å². The van der Waals surface area contributed by atoms with Gasteiger partial charge in [-0.15, -0.1) is 0 Å². The molecule has 2 aliphatic rings. The van der Waals surface area contributed by atoms with Crippen molar-refractivity contribution in [3.63, 3.8) is 0 Å². The predicted octanol–water partition coefficient (Wildman–Crippen LogP) is 1.48. The van der Waals surface area contributed by atoms with Gasteiger partial charge in [-0.3, -0.25) is 0 Å². The maximum Gasteiger partial charge on any atom is 0.115 e. The number of fused-ring (bicyclic) bond motifs is 1. The predicted molar refractivity (Wildman–Crippen MR) is 51.4 cm³/mol. The second-order valence-corrected chi connectivity index (χ2v) is 4.42. The van der Waals surface area contributed by atoms with Crippen LogP contribution in [0, 0.1) is 11.8 Å². The number of rotatable bonds is 1. The van der Waals surface area contributed by atoms with E-state index in [0.717, 1.165) is 18.5 Å². The lowest BCUT2D eigenvalue weighted by molar-refractivity contribution is 0.113. The highest BCUT2D eigenvalue weighted by Gasteiger charge is 2.65. The Bertz CT molecular complexity index is 326. The van der Waals surface area contributed by atoms with E-state index in [0.29, 0.717) is 11.8 Å². The first-order valence-corrected chi connectivity index (χ1v) is 5.32. The molecule has 3 rings (SSSR count). The van der Waals surface area contributed by atoms with Gasteiger partial charge in [-0.2, -0.15) is 0 Å². The van der Waals surface area contributed by atoms with E-state index in [2.05, 4.69) is 9.97 Å². The van der Waals surface area contributed by atoms with Crippen LogP contribution in [0.15, 0.2) is 18.6 Å². The number of aromatic nitrogens is 2. The topological polar surface area (TPSA) is 46.0 Å². The number of nitrogens with zero attached hydrogens (tertiary/aromatic N) is 2. The third-order valence-corrected chi connectivity index (χ3v) is 3.78. The molecule has 2 atom stereocenters. The largest absolute Gasteiger partial charge is 0.383 e. The molecule has 0 amide bonds. The molecule has 2 aliphatic carbocycles. The summed E-state index contributed by atoms with van der Waals surface area (Å²) in [6.07, 6.45) is 8.07. The highest BCUT2D eigenvalue weighted by Crippen LogP contribution is 2.63. The van der Waals surface area contributed by atoms with Crippen LogP contribution < -0.4 is 0 Å². The van der Waals surface area contributed by atoms with Crippen LogP contribution in [0.25, 0.3) is 0 Å². The number of hydrogen-bond donors (Lipinski definition) is 1. The molecule has 0 bridgehead atoms. The molecular formula is C11H14N2O. The van der Waals surface area contributed by atoms with Crippen molar-refractivity contribution in [1.82, 2.24) is 9.97 Å². The standard InChI is InChI=1S/C11H14N2O/c14-11(10-5-6-12-7-13-10)8-3-1-2-4-9(8)11/h5-9,14H,1-4H2. The van der Waals surface area contributed by atoms with Gasteiger partial charge < -0.3 is 5.11 Å². The summed E-state index contributed by atoms with van der Waals surface area (Å²) in [5.41, 5.74) is 0.212. The zero-order valence-corrected chi connectivity index (χ0v) is 8.06. The Hall–Kier alpha value is -0.960. The van der Waals surface area contributed by atoms with Gasteiger partial charge in [-0.05, 0) is 30.7 Å². The summed E-state index contributed by atoms with van der Waals surface area (Å²) in [4.78, 5) is 8.06. The summed E-state index contributed by atoms with van der Waals surface area (Å²) < 4.78 is 0. The number of hydrogen-bond acceptors (Lipinski definition) is 3. The maximum atomic E-state index is 10.5. The number of aliphatic hydroxyl groups is 1. The summed E-state index contributed by atoms with van der Waals surface area (Å²) in [7, 11) is 0. The Kier molecular flexibility index (Phi) is 1.65. The lowest BCUT2D eigenvalue weighted by atomic mass is 10.0. The molecule has 0 saturated heterocycles. The Morgan fingerprint density at radius 2 is 2.00 bits per heavy atom. The van der Waals surface area contributed by atoms with Crippen molar-refractivity contribution in [2.75, 3.05) is 0 Å². The second kappa shape index (κ2) is 2.76. The van der Waals surface area contributed by atoms with E-state index in [1.807, 2.05) is 6.07 Å². The van der Waals surface area contributed by atoms with E-state index in [1.54, 1.807) is 6.20 Å². The molecule has 2 unspecified atom stereocenters. The van der Waals surface area contributed by atoms with Crippen molar-refractivity contribution in [2.24, 2.45) is 11.8 Å². The van der Waals surface area contributed by atoms with Gasteiger partial charge in [-0.25, -0.2) is 9.97 Å². The first-order valence-electron chi connectivity index (χ1n) is 5.32. The van der Waals surface area contributed by atoms with E-state index in [1.165, 1.54) is 19.2 Å². The third kappa shape index (κ3) is 0.960. The van der Waals surface area contributed by atoms with E-state index in [9.17, 15) is 5.11 Å². The highest BCUT2D eigenvalue weighted by molar-refractivity contribution is 5.26. The van der Waals surface area contributed by atoms with Crippen LogP contribution in [0.2, 0.25) is 0 Å². The molecule has 0 aromatic carbocycles. The smallest absolute Gasteiger partial charge is 0.115 e. The average molecular weight is 190 g/mol. The molecule has 2 fully saturated rings. The summed E-state index contributed by atoms with van der Waals surface area (Å²) in [6, 6.07) is 1.85. The summed E-state index contributed by atoms with van der Waals surface area (Å²) >= 11 is 0. The van der Waals surface area contributed by atoms with Gasteiger partial charge in [0.2, 0.25) is 0 Å². The van der Waals surface area contributed by atoms with E-state index >= 15 is 0 Å². The lowest BCUT2D eigenvalue weighted by Gasteiger charge is -2.08. The molecule has 3 nitrogen and oxygen atoms in total. The molecule has 1 N–H and O–H groups in total. The van der Waals surface area contributed by atoms with Gasteiger partial charge in [0.1, 0.15) is 11.9 Å². The normalized spacial score (nSPS) is 40.4. The van der Waals surface area contributed by atoms with Crippen LogP contribution in [0.4, 0.5) is 0 Å². The fraction of sp³-hybridized carbons (Fsp3) is 0.636. The zero-order valence-electron chi connectivity index (χ0n) is 8.06. The lowest BCUT2D eigenvalue weighted by Crippen LogP contribution is -2.12. The van der Waals surface area contributed by atoms with Crippen molar-refractivity contribution in [2.45, 2.75) is 31.3 Å². The zero-order chi connectivity index (χ0) is 9.60. The second-order valence-electron chi connectivity index (χ2n) is 4.42. The molecule has 3 heteroatoms. The first kappa shape index (κ1) is 8.36. The van der Waals surface area contributed by atoms with Crippen LogP contribution in [0.3, 0.4) is 0 Å². The van der Waals surface area contributed by atoms with Gasteiger partial charge in [0, 0.05) is 6.20 Å². The SMILES string of the molecule is OC1(c2ccncn2)C2CCCCC21. The molecule has 1 aromatic heterocycles. The summed E-state index contributed by atoms with van der Waals surface area (Å²) in [5.74, 6) is 0.928. The van der Waals surface area contributed by atoms with Crippen LogP contribution in [0.1, 0.15) is 31.4 Å². The first-order chi connectivity index (χ1) is 6.83. The minimum absolute atomic E-state index is 0.464. The van der Waals surface area contributed by atoms with Crippen LogP contribution >= 0.6 is 0 Å². The van der Waals surface area contributed by atoms with E-state index < -0.39 is 5.60 Å². The van der Waals surface area contributed by atoms with Crippen LogP contribution in [-0.4, -0.2) is 15.1 Å². The molecule has 1 heterocycles. The van der Waals surface area contributed by atoms with Crippen molar-refractivity contribution in [3.8, 4) is 0 Å². The Morgan fingerprint density at radius 3 is 2.57 bits per heavy atom. The van der Waals surface area contributed by atoms with Crippen molar-refractivity contribution in [1.29, 1.82) is 0 Å². The van der Waals surface area contributed by atoms with Gasteiger partial charge in [0.05, 0.1) is 5.69 Å². The summed E-state index contributed by atoms with van der Waals surface area (Å²) in [5, 5.41) is 10.5. The molecule has 1 aromatic rings. The monoisotopic (exact) mass is 190 g/mol. The van der Waals surface area contributed by atoms with Crippen molar-refractivity contribution >= 4 is 0 Å².